The third kappa shape index (κ3) is 3.73. The molecule has 0 radical (unpaired) electrons. The van der Waals surface area contributed by atoms with Gasteiger partial charge in [-0.15, -0.1) is 11.6 Å². The molecule has 0 unspecified atom stereocenters. The van der Waals surface area contributed by atoms with Crippen LogP contribution in [0.2, 0.25) is 0 Å². The van der Waals surface area contributed by atoms with Crippen molar-refractivity contribution in [3.05, 3.63) is 63.7 Å². The molecule has 0 atom stereocenters. The first-order valence-electron chi connectivity index (χ1n) is 6.62. The van der Waals surface area contributed by atoms with Crippen molar-refractivity contribution in [3.63, 3.8) is 0 Å². The summed E-state index contributed by atoms with van der Waals surface area (Å²) >= 11 is 5.70. The summed E-state index contributed by atoms with van der Waals surface area (Å²) in [4.78, 5) is 10.6. The normalized spacial score (nSPS) is 10.7. The van der Waals surface area contributed by atoms with E-state index in [-0.39, 0.29) is 17.3 Å². The highest BCUT2D eigenvalue weighted by Gasteiger charge is 2.16. The fraction of sp³-hybridized carbons (Fsp3) is 0.250. The smallest absolute Gasteiger partial charge is 0.311 e. The predicted molar refractivity (Wildman–Crippen MR) is 83.3 cm³/mol. The molecule has 110 valence electrons. The summed E-state index contributed by atoms with van der Waals surface area (Å²) in [6.07, 6.45) is 0. The Labute approximate surface area is 128 Å². The summed E-state index contributed by atoms with van der Waals surface area (Å²) in [5.74, 6) is 1.44. The number of nitro benzene ring substituents is 1. The first kappa shape index (κ1) is 15.3. The number of alkyl halides is 1. The van der Waals surface area contributed by atoms with Crippen LogP contribution in [0.15, 0.2) is 42.5 Å². The highest BCUT2D eigenvalue weighted by Crippen LogP contribution is 2.33. The van der Waals surface area contributed by atoms with E-state index in [9.17, 15) is 10.1 Å². The molecule has 2 aromatic carbocycles. The Kier molecular flexibility index (Phi) is 4.81. The van der Waals surface area contributed by atoms with Crippen LogP contribution in [0.5, 0.6) is 11.5 Å². The first-order valence-corrected chi connectivity index (χ1v) is 7.16. The van der Waals surface area contributed by atoms with Gasteiger partial charge in [0, 0.05) is 11.9 Å². The Bertz CT molecular complexity index is 638. The topological polar surface area (TPSA) is 52.4 Å². The number of hydrogen-bond donors (Lipinski definition) is 0. The van der Waals surface area contributed by atoms with Crippen molar-refractivity contribution in [3.8, 4) is 11.5 Å². The summed E-state index contributed by atoms with van der Waals surface area (Å²) in [7, 11) is 0. The van der Waals surface area contributed by atoms with Crippen molar-refractivity contribution in [1.82, 2.24) is 0 Å². The second-order valence-corrected chi connectivity index (χ2v) is 5.29. The van der Waals surface area contributed by atoms with E-state index in [2.05, 4.69) is 13.8 Å². The molecular formula is C16H16ClNO3. The third-order valence-corrected chi connectivity index (χ3v) is 3.46. The average molecular weight is 306 g/mol. The minimum Gasteiger partial charge on any atom is -0.450 e. The maximum absolute atomic E-state index is 11.1. The van der Waals surface area contributed by atoms with E-state index in [1.54, 1.807) is 12.1 Å². The molecule has 0 aliphatic carbocycles. The standard InChI is InChI=1S/C16H16ClNO3/c1-11(2)13-4-6-14(7-5-13)21-16-8-3-12(10-17)9-15(16)18(19)20/h3-9,11H,10H2,1-2H3. The van der Waals surface area contributed by atoms with Crippen LogP contribution in [0, 0.1) is 10.1 Å². The van der Waals surface area contributed by atoms with E-state index >= 15 is 0 Å². The molecule has 0 bridgehead atoms. The Morgan fingerprint density at radius 1 is 1.19 bits per heavy atom. The largest absolute Gasteiger partial charge is 0.450 e. The molecule has 0 fully saturated rings. The van der Waals surface area contributed by atoms with Crippen LogP contribution in [-0.2, 0) is 5.88 Å². The lowest BCUT2D eigenvalue weighted by molar-refractivity contribution is -0.385. The minimum atomic E-state index is -0.464. The lowest BCUT2D eigenvalue weighted by atomic mass is 10.0. The zero-order valence-corrected chi connectivity index (χ0v) is 12.6. The Morgan fingerprint density at radius 3 is 2.38 bits per heavy atom. The van der Waals surface area contributed by atoms with Crippen LogP contribution in [0.4, 0.5) is 5.69 Å². The van der Waals surface area contributed by atoms with Gasteiger partial charge in [-0.2, -0.15) is 0 Å². The number of nitrogens with zero attached hydrogens (tertiary/aromatic N) is 1. The van der Waals surface area contributed by atoms with Gasteiger partial charge in [-0.25, -0.2) is 0 Å². The summed E-state index contributed by atoms with van der Waals surface area (Å²) in [6.45, 7) is 4.21. The van der Waals surface area contributed by atoms with Crippen LogP contribution >= 0.6 is 11.6 Å². The molecule has 0 aliphatic heterocycles. The molecule has 2 aromatic rings. The van der Waals surface area contributed by atoms with Gasteiger partial charge in [-0.1, -0.05) is 32.0 Å². The molecule has 0 aromatic heterocycles. The highest BCUT2D eigenvalue weighted by atomic mass is 35.5. The number of benzene rings is 2. The van der Waals surface area contributed by atoms with Gasteiger partial charge in [0.1, 0.15) is 5.75 Å². The predicted octanol–water partition coefficient (Wildman–Crippen LogP) is 5.25. The van der Waals surface area contributed by atoms with E-state index in [0.29, 0.717) is 17.2 Å². The van der Waals surface area contributed by atoms with Gasteiger partial charge < -0.3 is 4.74 Å². The van der Waals surface area contributed by atoms with E-state index in [4.69, 9.17) is 16.3 Å². The monoisotopic (exact) mass is 305 g/mol. The Balaban J connectivity index is 2.28. The maximum Gasteiger partial charge on any atom is 0.311 e. The van der Waals surface area contributed by atoms with Gasteiger partial charge in [0.2, 0.25) is 5.75 Å². The van der Waals surface area contributed by atoms with Crippen molar-refractivity contribution in [2.45, 2.75) is 25.6 Å². The quantitative estimate of drug-likeness (QED) is 0.430. The molecule has 2 rings (SSSR count). The van der Waals surface area contributed by atoms with Crippen molar-refractivity contribution in [2.75, 3.05) is 0 Å². The van der Waals surface area contributed by atoms with Gasteiger partial charge in [0.15, 0.2) is 0 Å². The van der Waals surface area contributed by atoms with Crippen LogP contribution in [0.3, 0.4) is 0 Å². The number of rotatable bonds is 5. The van der Waals surface area contributed by atoms with Crippen LogP contribution in [0.1, 0.15) is 30.9 Å². The second-order valence-electron chi connectivity index (χ2n) is 5.02. The summed E-state index contributed by atoms with van der Waals surface area (Å²) in [6, 6.07) is 12.3. The van der Waals surface area contributed by atoms with Gasteiger partial charge in [-0.05, 0) is 35.2 Å². The van der Waals surface area contributed by atoms with Crippen molar-refractivity contribution >= 4 is 17.3 Å². The zero-order chi connectivity index (χ0) is 15.4. The molecule has 4 nitrogen and oxygen atoms in total. The fourth-order valence-corrected chi connectivity index (χ4v) is 2.09. The SMILES string of the molecule is CC(C)c1ccc(Oc2ccc(CCl)cc2[N+](=O)[O-])cc1. The molecule has 21 heavy (non-hydrogen) atoms. The molecule has 5 heteroatoms. The molecule has 0 saturated heterocycles. The molecule has 0 N–H and O–H groups in total. The second kappa shape index (κ2) is 6.59. The van der Waals surface area contributed by atoms with Gasteiger partial charge in [-0.3, -0.25) is 10.1 Å². The summed E-state index contributed by atoms with van der Waals surface area (Å²) in [5, 5.41) is 11.1. The Morgan fingerprint density at radius 2 is 1.86 bits per heavy atom. The Hall–Kier alpha value is -2.07. The average Bonchev–Trinajstić information content (AvgIpc) is 2.48. The summed E-state index contributed by atoms with van der Waals surface area (Å²) < 4.78 is 5.62. The van der Waals surface area contributed by atoms with Crippen LogP contribution in [-0.4, -0.2) is 4.92 Å². The lowest BCUT2D eigenvalue weighted by Gasteiger charge is -2.09. The summed E-state index contributed by atoms with van der Waals surface area (Å²) in [5.41, 5.74) is 1.79. The number of hydrogen-bond acceptors (Lipinski definition) is 3. The maximum atomic E-state index is 11.1. The molecule has 0 amide bonds. The van der Waals surface area contributed by atoms with Gasteiger partial charge in [0.05, 0.1) is 4.92 Å². The molecule has 0 heterocycles. The van der Waals surface area contributed by atoms with Crippen LogP contribution < -0.4 is 4.74 Å². The van der Waals surface area contributed by atoms with E-state index in [0.717, 1.165) is 0 Å². The van der Waals surface area contributed by atoms with Crippen molar-refractivity contribution < 1.29 is 9.66 Å². The number of ether oxygens (including phenoxy) is 1. The van der Waals surface area contributed by atoms with Crippen molar-refractivity contribution in [1.29, 1.82) is 0 Å². The highest BCUT2D eigenvalue weighted by molar-refractivity contribution is 6.17. The molecular weight excluding hydrogens is 290 g/mol. The molecule has 0 saturated carbocycles. The van der Waals surface area contributed by atoms with Gasteiger partial charge in [0.25, 0.3) is 0 Å². The van der Waals surface area contributed by atoms with Crippen molar-refractivity contribution in [2.24, 2.45) is 0 Å². The number of halogens is 1. The fourth-order valence-electron chi connectivity index (χ4n) is 1.92. The van der Waals surface area contributed by atoms with Crippen LogP contribution in [0.25, 0.3) is 0 Å². The first-order chi connectivity index (χ1) is 10.0. The van der Waals surface area contributed by atoms with E-state index in [1.807, 2.05) is 24.3 Å². The van der Waals surface area contributed by atoms with E-state index in [1.165, 1.54) is 11.6 Å². The zero-order valence-electron chi connectivity index (χ0n) is 11.9. The molecule has 0 spiro atoms. The third-order valence-electron chi connectivity index (χ3n) is 3.15. The van der Waals surface area contributed by atoms with E-state index < -0.39 is 4.92 Å². The van der Waals surface area contributed by atoms with Gasteiger partial charge >= 0.3 is 5.69 Å². The minimum absolute atomic E-state index is 0.0823. The molecule has 0 aliphatic rings. The lowest BCUT2D eigenvalue weighted by Crippen LogP contribution is -1.95. The number of nitro groups is 1.